The smallest absolute Gasteiger partial charge is 0.123 e. The molecule has 1 rings (SSSR count). The summed E-state index contributed by atoms with van der Waals surface area (Å²) in [7, 11) is 0. The van der Waals surface area contributed by atoms with Crippen molar-refractivity contribution in [2.24, 2.45) is 0 Å². The van der Waals surface area contributed by atoms with E-state index in [0.717, 1.165) is 23.0 Å². The van der Waals surface area contributed by atoms with Crippen LogP contribution in [0.25, 0.3) is 0 Å². The van der Waals surface area contributed by atoms with Crippen molar-refractivity contribution < 1.29 is 9.90 Å². The Morgan fingerprint density at radius 1 is 1.10 bits per heavy atom. The Morgan fingerprint density at radius 2 is 1.52 bits per heavy atom. The second-order valence-electron chi connectivity index (χ2n) is 7.72. The molecule has 0 radical (unpaired) electrons. The molecule has 0 aliphatic carbocycles. The summed E-state index contributed by atoms with van der Waals surface area (Å²) in [6.07, 6.45) is 2.15. The van der Waals surface area contributed by atoms with Crippen LogP contribution >= 0.6 is 12.6 Å². The van der Waals surface area contributed by atoms with Crippen LogP contribution in [0.15, 0.2) is 12.1 Å². The van der Waals surface area contributed by atoms with Crippen molar-refractivity contribution in [2.75, 3.05) is 0 Å². The zero-order chi connectivity index (χ0) is 16.4. The number of carbonyl (C=O) groups excluding carboxylic acids is 1. The molecule has 118 valence electrons. The van der Waals surface area contributed by atoms with Gasteiger partial charge in [0.1, 0.15) is 12.0 Å². The predicted molar refractivity (Wildman–Crippen MR) is 92.5 cm³/mol. The molecule has 0 fully saturated rings. The third-order valence-electron chi connectivity index (χ3n) is 3.69. The minimum atomic E-state index is -0.141. The lowest BCUT2D eigenvalue weighted by Gasteiger charge is -2.29. The number of carbonyl (C=O) groups is 1. The summed E-state index contributed by atoms with van der Waals surface area (Å²) in [4.78, 5) is 10.6. The van der Waals surface area contributed by atoms with Crippen LogP contribution in [-0.4, -0.2) is 11.4 Å². The summed E-state index contributed by atoms with van der Waals surface area (Å²) in [5.74, 6) is 0.384. The van der Waals surface area contributed by atoms with Crippen molar-refractivity contribution in [3.63, 3.8) is 0 Å². The van der Waals surface area contributed by atoms with Gasteiger partial charge in [-0.15, -0.1) is 0 Å². The number of hydrogen-bond acceptors (Lipinski definition) is 3. The van der Waals surface area contributed by atoms with Gasteiger partial charge in [-0.25, -0.2) is 0 Å². The van der Waals surface area contributed by atoms with Crippen molar-refractivity contribution in [1.29, 1.82) is 0 Å². The molecule has 1 aromatic carbocycles. The van der Waals surface area contributed by atoms with E-state index in [-0.39, 0.29) is 16.1 Å². The molecule has 1 N–H and O–H groups in total. The number of aldehydes is 1. The quantitative estimate of drug-likeness (QED) is 0.611. The van der Waals surface area contributed by atoms with Crippen LogP contribution in [0.4, 0.5) is 0 Å². The average Bonchev–Trinajstić information content (AvgIpc) is 2.33. The zero-order valence-corrected chi connectivity index (χ0v) is 14.9. The predicted octanol–water partition coefficient (Wildman–Crippen LogP) is 4.94. The zero-order valence-electron chi connectivity index (χ0n) is 14.0. The standard InChI is InChI=1S/C18H28O2S/c1-17(2,3)13-10-12(15(21)8-7-9-19)11-14(16(13)20)18(4,5)6/h9-11,15,20-21H,7-8H2,1-6H3. The van der Waals surface area contributed by atoms with E-state index in [2.05, 4.69) is 54.2 Å². The van der Waals surface area contributed by atoms with Gasteiger partial charge in [0.15, 0.2) is 0 Å². The van der Waals surface area contributed by atoms with Crippen LogP contribution < -0.4 is 0 Å². The molecule has 1 atom stereocenters. The maximum Gasteiger partial charge on any atom is 0.123 e. The van der Waals surface area contributed by atoms with Crippen LogP contribution in [0, 0.1) is 0 Å². The first kappa shape index (κ1) is 18.1. The highest BCUT2D eigenvalue weighted by Crippen LogP contribution is 2.42. The van der Waals surface area contributed by atoms with Crippen LogP contribution in [-0.2, 0) is 15.6 Å². The topological polar surface area (TPSA) is 37.3 Å². The minimum Gasteiger partial charge on any atom is -0.507 e. The van der Waals surface area contributed by atoms with Gasteiger partial charge in [0.05, 0.1) is 0 Å². The normalized spacial score (nSPS) is 14.0. The fraction of sp³-hybridized carbons (Fsp3) is 0.611. The third kappa shape index (κ3) is 4.50. The van der Waals surface area contributed by atoms with Gasteiger partial charge >= 0.3 is 0 Å². The fourth-order valence-corrected chi connectivity index (χ4v) is 2.68. The molecule has 0 aromatic heterocycles. The van der Waals surface area contributed by atoms with Gasteiger partial charge in [0, 0.05) is 11.7 Å². The first-order chi connectivity index (χ1) is 9.48. The molecule has 2 nitrogen and oxygen atoms in total. The summed E-state index contributed by atoms with van der Waals surface area (Å²) in [5, 5.41) is 10.7. The van der Waals surface area contributed by atoms with E-state index in [1.807, 2.05) is 12.1 Å². The molecule has 21 heavy (non-hydrogen) atoms. The van der Waals surface area contributed by atoms with Crippen molar-refractivity contribution in [3.8, 4) is 5.75 Å². The average molecular weight is 308 g/mol. The van der Waals surface area contributed by atoms with Gasteiger partial charge in [-0.2, -0.15) is 12.6 Å². The van der Waals surface area contributed by atoms with E-state index >= 15 is 0 Å². The summed E-state index contributed by atoms with van der Waals surface area (Å²) in [6.45, 7) is 12.6. The molecule has 3 heteroatoms. The van der Waals surface area contributed by atoms with Gasteiger partial charge in [-0.05, 0) is 33.9 Å². The fourth-order valence-electron chi connectivity index (χ4n) is 2.39. The second-order valence-corrected chi connectivity index (χ2v) is 8.35. The number of rotatable bonds is 4. The lowest BCUT2D eigenvalue weighted by Crippen LogP contribution is -2.18. The Balaban J connectivity index is 3.44. The lowest BCUT2D eigenvalue weighted by molar-refractivity contribution is -0.107. The van der Waals surface area contributed by atoms with Crippen LogP contribution in [0.5, 0.6) is 5.75 Å². The molecule has 0 heterocycles. The highest BCUT2D eigenvalue weighted by atomic mass is 32.1. The summed E-state index contributed by atoms with van der Waals surface area (Å²) >= 11 is 4.63. The van der Waals surface area contributed by atoms with Crippen molar-refractivity contribution in [3.05, 3.63) is 28.8 Å². The SMILES string of the molecule is CC(C)(C)c1cc(C(S)CCC=O)cc(C(C)(C)C)c1O. The van der Waals surface area contributed by atoms with E-state index in [1.54, 1.807) is 0 Å². The molecular formula is C18H28O2S. The number of hydrogen-bond donors (Lipinski definition) is 2. The van der Waals surface area contributed by atoms with Gasteiger partial charge in [0.25, 0.3) is 0 Å². The van der Waals surface area contributed by atoms with Crippen molar-refractivity contribution in [2.45, 2.75) is 70.5 Å². The van der Waals surface area contributed by atoms with Crippen molar-refractivity contribution in [1.82, 2.24) is 0 Å². The minimum absolute atomic E-state index is 0.0120. The van der Waals surface area contributed by atoms with Crippen molar-refractivity contribution >= 4 is 18.9 Å². The van der Waals surface area contributed by atoms with Crippen LogP contribution in [0.1, 0.15) is 76.3 Å². The first-order valence-electron chi connectivity index (χ1n) is 7.48. The lowest BCUT2D eigenvalue weighted by atomic mass is 9.78. The van der Waals surface area contributed by atoms with Gasteiger partial charge in [0.2, 0.25) is 0 Å². The van der Waals surface area contributed by atoms with E-state index in [0.29, 0.717) is 18.6 Å². The van der Waals surface area contributed by atoms with Crippen LogP contribution in [0.2, 0.25) is 0 Å². The molecule has 0 saturated heterocycles. The van der Waals surface area contributed by atoms with E-state index in [4.69, 9.17) is 0 Å². The monoisotopic (exact) mass is 308 g/mol. The molecule has 1 aromatic rings. The van der Waals surface area contributed by atoms with Gasteiger partial charge < -0.3 is 9.90 Å². The highest BCUT2D eigenvalue weighted by molar-refractivity contribution is 7.80. The van der Waals surface area contributed by atoms with Gasteiger partial charge in [-0.3, -0.25) is 0 Å². The van der Waals surface area contributed by atoms with Gasteiger partial charge in [-0.1, -0.05) is 53.7 Å². The maximum absolute atomic E-state index is 10.7. The Hall–Kier alpha value is -0.960. The summed E-state index contributed by atoms with van der Waals surface area (Å²) in [6, 6.07) is 4.07. The molecule has 0 aliphatic rings. The molecular weight excluding hydrogens is 280 g/mol. The van der Waals surface area contributed by atoms with Crippen LogP contribution in [0.3, 0.4) is 0 Å². The largest absolute Gasteiger partial charge is 0.507 e. The van der Waals surface area contributed by atoms with E-state index in [1.165, 1.54) is 0 Å². The molecule has 0 amide bonds. The number of phenolic OH excluding ortho intramolecular Hbond substituents is 1. The maximum atomic E-state index is 10.7. The molecule has 0 saturated carbocycles. The molecule has 0 aliphatic heterocycles. The Kier molecular flexibility index (Phi) is 5.54. The Labute approximate surface area is 134 Å². The molecule has 0 spiro atoms. The summed E-state index contributed by atoms with van der Waals surface area (Å²) in [5.41, 5.74) is 2.68. The number of benzene rings is 1. The summed E-state index contributed by atoms with van der Waals surface area (Å²) < 4.78 is 0. The first-order valence-corrected chi connectivity index (χ1v) is 7.99. The Bertz CT molecular complexity index is 472. The van der Waals surface area contributed by atoms with E-state index < -0.39 is 0 Å². The highest BCUT2D eigenvalue weighted by Gasteiger charge is 2.27. The Morgan fingerprint density at radius 3 is 1.86 bits per heavy atom. The number of thiol groups is 1. The molecule has 1 unspecified atom stereocenters. The second kappa shape index (κ2) is 6.43. The third-order valence-corrected chi connectivity index (χ3v) is 4.25. The number of phenols is 1. The van der Waals surface area contributed by atoms with E-state index in [9.17, 15) is 9.90 Å². The molecule has 0 bridgehead atoms. The number of aromatic hydroxyl groups is 1.